The fraction of sp³-hybridized carbons (Fsp3) is 0.938. The molecular formula is C16H28O2. The van der Waals surface area contributed by atoms with Crippen molar-refractivity contribution in [2.75, 3.05) is 0 Å². The zero-order valence-electron chi connectivity index (χ0n) is 11.7. The van der Waals surface area contributed by atoms with Crippen molar-refractivity contribution < 1.29 is 9.53 Å². The summed E-state index contributed by atoms with van der Waals surface area (Å²) in [5.41, 5.74) is 0. The summed E-state index contributed by atoms with van der Waals surface area (Å²) in [7, 11) is 0. The Labute approximate surface area is 111 Å². The maximum Gasteiger partial charge on any atom is 0.132 e. The van der Waals surface area contributed by atoms with Crippen LogP contribution in [-0.4, -0.2) is 18.0 Å². The van der Waals surface area contributed by atoms with Crippen LogP contribution >= 0.6 is 0 Å². The van der Waals surface area contributed by atoms with Gasteiger partial charge >= 0.3 is 0 Å². The maximum atomic E-state index is 11.7. The number of rotatable bonds is 0. The summed E-state index contributed by atoms with van der Waals surface area (Å²) < 4.78 is 5.67. The van der Waals surface area contributed by atoms with Gasteiger partial charge in [-0.3, -0.25) is 4.79 Å². The number of carbonyl (C=O) groups excluding carboxylic acids is 1. The predicted octanol–water partition coefficient (Wildman–Crippen LogP) is 4.41. The molecule has 1 saturated carbocycles. The summed E-state index contributed by atoms with van der Waals surface area (Å²) in [5, 5.41) is 0. The Bertz CT molecular complexity index is 249. The van der Waals surface area contributed by atoms with Crippen LogP contribution in [-0.2, 0) is 9.53 Å². The van der Waals surface area contributed by atoms with Crippen LogP contribution in [0.2, 0.25) is 0 Å². The molecule has 1 aliphatic carbocycles. The van der Waals surface area contributed by atoms with Gasteiger partial charge in [0.2, 0.25) is 0 Å². The third-order valence-corrected chi connectivity index (χ3v) is 4.33. The normalized spacial score (nSPS) is 32.8. The smallest absolute Gasteiger partial charge is 0.132 e. The summed E-state index contributed by atoms with van der Waals surface area (Å²) in [6.45, 7) is 0. The molecule has 0 amide bonds. The second-order valence-electron chi connectivity index (χ2n) is 6.01. The second-order valence-corrected chi connectivity index (χ2v) is 6.01. The van der Waals surface area contributed by atoms with E-state index in [-0.39, 0.29) is 0 Å². The molecule has 2 aliphatic rings. The largest absolute Gasteiger partial charge is 0.370 e. The van der Waals surface area contributed by atoms with Crippen molar-refractivity contribution >= 4 is 5.78 Å². The molecule has 1 saturated heterocycles. The SMILES string of the molecule is O=C1CCCCCCCCCCC2OC2CCC1. The van der Waals surface area contributed by atoms with Crippen molar-refractivity contribution in [3.8, 4) is 0 Å². The van der Waals surface area contributed by atoms with Crippen molar-refractivity contribution in [2.45, 2.75) is 95.7 Å². The Balaban J connectivity index is 1.65. The van der Waals surface area contributed by atoms with Crippen LogP contribution in [0.15, 0.2) is 0 Å². The minimum absolute atomic E-state index is 0.472. The Kier molecular flexibility index (Phi) is 6.19. The van der Waals surface area contributed by atoms with Crippen LogP contribution in [0.25, 0.3) is 0 Å². The Morgan fingerprint density at radius 1 is 0.667 bits per heavy atom. The predicted molar refractivity (Wildman–Crippen MR) is 73.7 cm³/mol. The minimum atomic E-state index is 0.472. The van der Waals surface area contributed by atoms with Crippen molar-refractivity contribution in [1.82, 2.24) is 0 Å². The first-order chi connectivity index (χ1) is 8.86. The Hall–Kier alpha value is -0.370. The standard InChI is InChI=1S/C16H28O2/c17-14-10-7-5-3-1-2-4-6-8-12-15-16(18-15)13-9-11-14/h15-16H,1-13H2. The lowest BCUT2D eigenvalue weighted by Gasteiger charge is -2.03. The molecule has 0 aromatic heterocycles. The highest BCUT2D eigenvalue weighted by molar-refractivity contribution is 5.78. The minimum Gasteiger partial charge on any atom is -0.370 e. The number of hydrogen-bond acceptors (Lipinski definition) is 2. The quantitative estimate of drug-likeness (QED) is 0.598. The van der Waals surface area contributed by atoms with Crippen LogP contribution in [0.1, 0.15) is 83.5 Å². The fourth-order valence-corrected chi connectivity index (χ4v) is 3.04. The van der Waals surface area contributed by atoms with Gasteiger partial charge < -0.3 is 4.74 Å². The van der Waals surface area contributed by atoms with E-state index in [1.54, 1.807) is 0 Å². The topological polar surface area (TPSA) is 29.6 Å². The molecule has 0 aromatic carbocycles. The zero-order valence-corrected chi connectivity index (χ0v) is 11.7. The third-order valence-electron chi connectivity index (χ3n) is 4.33. The number of epoxide rings is 1. The first-order valence-electron chi connectivity index (χ1n) is 8.03. The Morgan fingerprint density at radius 2 is 1.17 bits per heavy atom. The van der Waals surface area contributed by atoms with Crippen molar-refractivity contribution in [3.05, 3.63) is 0 Å². The fourth-order valence-electron chi connectivity index (χ4n) is 3.04. The van der Waals surface area contributed by atoms with E-state index in [1.807, 2.05) is 0 Å². The second kappa shape index (κ2) is 7.93. The highest BCUT2D eigenvalue weighted by Crippen LogP contribution is 2.31. The average Bonchev–Trinajstić information content (AvgIpc) is 3.09. The summed E-state index contributed by atoms with van der Waals surface area (Å²) in [6.07, 6.45) is 16.5. The number of ketones is 1. The van der Waals surface area contributed by atoms with Gasteiger partial charge in [-0.2, -0.15) is 0 Å². The molecule has 2 rings (SSSR count). The molecule has 2 unspecified atom stereocenters. The molecule has 0 aromatic rings. The van der Waals surface area contributed by atoms with Gasteiger partial charge in [-0.25, -0.2) is 0 Å². The van der Waals surface area contributed by atoms with Gasteiger partial charge in [-0.15, -0.1) is 0 Å². The third kappa shape index (κ3) is 5.51. The number of ether oxygens (including phenoxy) is 1. The molecule has 2 nitrogen and oxygen atoms in total. The van der Waals surface area contributed by atoms with Crippen molar-refractivity contribution in [3.63, 3.8) is 0 Å². The number of fused-ring (bicyclic) bond motifs is 1. The van der Waals surface area contributed by atoms with Gasteiger partial charge in [-0.1, -0.05) is 44.9 Å². The van der Waals surface area contributed by atoms with E-state index in [0.717, 1.165) is 32.1 Å². The number of carbonyl (C=O) groups is 1. The molecule has 2 fully saturated rings. The van der Waals surface area contributed by atoms with Crippen LogP contribution in [0.5, 0.6) is 0 Å². The summed E-state index contributed by atoms with van der Waals surface area (Å²) >= 11 is 0. The molecule has 2 heteroatoms. The van der Waals surface area contributed by atoms with Crippen molar-refractivity contribution in [2.24, 2.45) is 0 Å². The number of hydrogen-bond donors (Lipinski definition) is 0. The molecule has 1 aliphatic heterocycles. The van der Waals surface area contributed by atoms with Crippen LogP contribution in [0.4, 0.5) is 0 Å². The molecule has 0 N–H and O–H groups in total. The van der Waals surface area contributed by atoms with E-state index in [1.165, 1.54) is 51.4 Å². The van der Waals surface area contributed by atoms with E-state index in [4.69, 9.17) is 4.74 Å². The van der Waals surface area contributed by atoms with Crippen LogP contribution < -0.4 is 0 Å². The molecule has 104 valence electrons. The van der Waals surface area contributed by atoms with Gasteiger partial charge in [-0.05, 0) is 25.7 Å². The van der Waals surface area contributed by atoms with Crippen molar-refractivity contribution in [1.29, 1.82) is 0 Å². The molecule has 18 heavy (non-hydrogen) atoms. The first kappa shape index (κ1) is 14.0. The summed E-state index contributed by atoms with van der Waals surface area (Å²) in [6, 6.07) is 0. The molecule has 0 radical (unpaired) electrons. The lowest BCUT2D eigenvalue weighted by molar-refractivity contribution is -0.119. The van der Waals surface area contributed by atoms with E-state index in [0.29, 0.717) is 18.0 Å². The highest BCUT2D eigenvalue weighted by atomic mass is 16.6. The van der Waals surface area contributed by atoms with E-state index in [9.17, 15) is 4.79 Å². The lowest BCUT2D eigenvalue weighted by atomic mass is 10.0. The van der Waals surface area contributed by atoms with E-state index >= 15 is 0 Å². The lowest BCUT2D eigenvalue weighted by Crippen LogP contribution is -2.01. The van der Waals surface area contributed by atoms with Gasteiger partial charge in [0.15, 0.2) is 0 Å². The van der Waals surface area contributed by atoms with Gasteiger partial charge in [0, 0.05) is 12.8 Å². The van der Waals surface area contributed by atoms with E-state index in [2.05, 4.69) is 0 Å². The van der Waals surface area contributed by atoms with Gasteiger partial charge in [0.1, 0.15) is 5.78 Å². The molecule has 0 bridgehead atoms. The summed E-state index contributed by atoms with van der Waals surface area (Å²) in [4.78, 5) is 11.7. The zero-order chi connectivity index (χ0) is 12.6. The first-order valence-corrected chi connectivity index (χ1v) is 8.03. The Morgan fingerprint density at radius 3 is 1.89 bits per heavy atom. The molecule has 0 spiro atoms. The van der Waals surface area contributed by atoms with Gasteiger partial charge in [0.05, 0.1) is 12.2 Å². The average molecular weight is 252 g/mol. The summed E-state index contributed by atoms with van der Waals surface area (Å²) in [5.74, 6) is 0.472. The highest BCUT2D eigenvalue weighted by Gasteiger charge is 2.36. The van der Waals surface area contributed by atoms with Gasteiger partial charge in [0.25, 0.3) is 0 Å². The number of Topliss-reactive ketones (excluding diaryl/α,β-unsaturated/α-hetero) is 1. The molecular weight excluding hydrogens is 224 g/mol. The maximum absolute atomic E-state index is 11.7. The molecule has 2 atom stereocenters. The monoisotopic (exact) mass is 252 g/mol. The van der Waals surface area contributed by atoms with Crippen LogP contribution in [0.3, 0.4) is 0 Å². The molecule has 1 heterocycles. The van der Waals surface area contributed by atoms with Crippen LogP contribution in [0, 0.1) is 0 Å². The van der Waals surface area contributed by atoms with E-state index < -0.39 is 0 Å².